The molecular formula is C21H22N4O4. The monoisotopic (exact) mass is 394 g/mol. The maximum atomic E-state index is 11.7. The number of ether oxygens (including phenoxy) is 3. The third kappa shape index (κ3) is 4.07. The van der Waals surface area contributed by atoms with E-state index in [1.54, 1.807) is 23.9 Å². The lowest BCUT2D eigenvalue weighted by molar-refractivity contribution is 0.0600. The highest BCUT2D eigenvalue weighted by atomic mass is 16.5. The Morgan fingerprint density at radius 3 is 2.79 bits per heavy atom. The predicted molar refractivity (Wildman–Crippen MR) is 106 cm³/mol. The summed E-state index contributed by atoms with van der Waals surface area (Å²) >= 11 is 0. The van der Waals surface area contributed by atoms with Gasteiger partial charge in [-0.05, 0) is 42.0 Å². The Morgan fingerprint density at radius 1 is 1.21 bits per heavy atom. The van der Waals surface area contributed by atoms with Gasteiger partial charge in [-0.25, -0.2) is 9.48 Å². The summed E-state index contributed by atoms with van der Waals surface area (Å²) in [6, 6.07) is 15.1. The van der Waals surface area contributed by atoms with Gasteiger partial charge < -0.3 is 19.1 Å². The lowest BCUT2D eigenvalue weighted by Crippen LogP contribution is -2.23. The molecule has 0 bridgehead atoms. The fourth-order valence-electron chi connectivity index (χ4n) is 3.36. The molecule has 8 heteroatoms. The molecule has 0 radical (unpaired) electrons. The van der Waals surface area contributed by atoms with Crippen LogP contribution in [0.1, 0.15) is 27.8 Å². The molecule has 1 aliphatic rings. The Balaban J connectivity index is 1.50. The first-order valence-electron chi connectivity index (χ1n) is 9.27. The van der Waals surface area contributed by atoms with Crippen molar-refractivity contribution in [3.63, 3.8) is 0 Å². The first kappa shape index (κ1) is 18.9. The van der Waals surface area contributed by atoms with Crippen molar-refractivity contribution in [1.29, 1.82) is 0 Å². The summed E-state index contributed by atoms with van der Waals surface area (Å²) in [7, 11) is 3.02. The van der Waals surface area contributed by atoms with Gasteiger partial charge in [0.1, 0.15) is 11.4 Å². The molecule has 0 unspecified atom stereocenters. The number of carbonyl (C=O) groups is 1. The summed E-state index contributed by atoms with van der Waals surface area (Å²) in [6.45, 7) is 1.88. The molecular weight excluding hydrogens is 372 g/mol. The minimum absolute atomic E-state index is 0.293. The second-order valence-corrected chi connectivity index (χ2v) is 6.65. The largest absolute Gasteiger partial charge is 0.497 e. The Morgan fingerprint density at radius 2 is 2.03 bits per heavy atom. The number of benzene rings is 2. The Labute approximate surface area is 168 Å². The van der Waals surface area contributed by atoms with Crippen LogP contribution in [0, 0.1) is 0 Å². The zero-order chi connectivity index (χ0) is 20.2. The average molecular weight is 394 g/mol. The molecule has 1 saturated heterocycles. The number of esters is 1. The third-order valence-electron chi connectivity index (χ3n) is 4.80. The van der Waals surface area contributed by atoms with E-state index >= 15 is 0 Å². The number of hydrogen-bond donors (Lipinski definition) is 0. The van der Waals surface area contributed by atoms with Crippen LogP contribution in [0.2, 0.25) is 0 Å². The van der Waals surface area contributed by atoms with E-state index in [0.29, 0.717) is 18.7 Å². The van der Waals surface area contributed by atoms with Crippen molar-refractivity contribution < 1.29 is 19.0 Å². The van der Waals surface area contributed by atoms with Crippen molar-refractivity contribution in [3.05, 3.63) is 71.5 Å². The molecule has 8 nitrogen and oxygen atoms in total. The van der Waals surface area contributed by atoms with Gasteiger partial charge in [-0.1, -0.05) is 17.3 Å². The Hall–Kier alpha value is -3.39. The summed E-state index contributed by atoms with van der Waals surface area (Å²) < 4.78 is 17.7. The molecule has 0 amide bonds. The zero-order valence-electron chi connectivity index (χ0n) is 16.3. The molecule has 1 fully saturated rings. The molecule has 1 aromatic heterocycles. The van der Waals surface area contributed by atoms with Gasteiger partial charge in [0, 0.05) is 12.2 Å². The molecule has 29 heavy (non-hydrogen) atoms. The Bertz CT molecular complexity index is 986. The molecule has 1 atom stereocenters. The van der Waals surface area contributed by atoms with Crippen LogP contribution in [0.4, 0.5) is 5.69 Å². The molecule has 0 spiro atoms. The van der Waals surface area contributed by atoms with Gasteiger partial charge in [0.2, 0.25) is 0 Å². The van der Waals surface area contributed by atoms with Crippen LogP contribution in [0.25, 0.3) is 0 Å². The van der Waals surface area contributed by atoms with Gasteiger partial charge in [0.05, 0.1) is 39.1 Å². The lowest BCUT2D eigenvalue weighted by Gasteiger charge is -2.23. The summed E-state index contributed by atoms with van der Waals surface area (Å²) in [5, 5.41) is 8.54. The van der Waals surface area contributed by atoms with Crippen LogP contribution >= 0.6 is 0 Å². The maximum absolute atomic E-state index is 11.7. The molecule has 0 saturated carbocycles. The van der Waals surface area contributed by atoms with Crippen molar-refractivity contribution in [2.75, 3.05) is 32.3 Å². The molecule has 3 aromatic rings. The van der Waals surface area contributed by atoms with Crippen molar-refractivity contribution in [2.45, 2.75) is 12.8 Å². The van der Waals surface area contributed by atoms with E-state index in [-0.39, 0.29) is 12.2 Å². The first-order chi connectivity index (χ1) is 14.2. The smallest absolute Gasteiger partial charge is 0.337 e. The van der Waals surface area contributed by atoms with Crippen LogP contribution in [-0.4, -0.2) is 48.3 Å². The molecule has 4 rings (SSSR count). The summed E-state index contributed by atoms with van der Waals surface area (Å²) in [4.78, 5) is 13.9. The molecule has 0 aliphatic carbocycles. The normalized spacial score (nSPS) is 16.1. The molecule has 150 valence electrons. The second-order valence-electron chi connectivity index (χ2n) is 6.65. The van der Waals surface area contributed by atoms with E-state index in [4.69, 9.17) is 14.2 Å². The summed E-state index contributed by atoms with van der Waals surface area (Å²) in [6.07, 6.45) is 1.58. The standard InChI is InChI=1S/C21H22N4O4/c1-27-18-8-6-17(7-9-18)25-10-11-29-20(25)19-14-24(23-22-19)13-15-4-3-5-16(12-15)21(26)28-2/h3-9,12,14,20H,10-11,13H2,1-2H3/t20-/m0/s1. The van der Waals surface area contributed by atoms with Crippen molar-refractivity contribution in [2.24, 2.45) is 0 Å². The highest BCUT2D eigenvalue weighted by Gasteiger charge is 2.29. The predicted octanol–water partition coefficient (Wildman–Crippen LogP) is 2.66. The third-order valence-corrected chi connectivity index (χ3v) is 4.80. The van der Waals surface area contributed by atoms with Gasteiger partial charge in [-0.15, -0.1) is 5.10 Å². The minimum Gasteiger partial charge on any atom is -0.497 e. The average Bonchev–Trinajstić information content (AvgIpc) is 3.43. The topological polar surface area (TPSA) is 78.7 Å². The first-order valence-corrected chi connectivity index (χ1v) is 9.27. The second kappa shape index (κ2) is 8.32. The molecule has 2 aromatic carbocycles. The van der Waals surface area contributed by atoms with Crippen LogP contribution in [0.5, 0.6) is 5.75 Å². The number of aromatic nitrogens is 3. The lowest BCUT2D eigenvalue weighted by atomic mass is 10.1. The highest BCUT2D eigenvalue weighted by molar-refractivity contribution is 5.89. The van der Waals surface area contributed by atoms with Gasteiger partial charge >= 0.3 is 5.97 Å². The number of methoxy groups -OCH3 is 2. The maximum Gasteiger partial charge on any atom is 0.337 e. The highest BCUT2D eigenvalue weighted by Crippen LogP contribution is 2.32. The van der Waals surface area contributed by atoms with Crippen LogP contribution in [0.3, 0.4) is 0 Å². The number of nitrogens with zero attached hydrogens (tertiary/aromatic N) is 4. The molecule has 1 aliphatic heterocycles. The van der Waals surface area contributed by atoms with E-state index in [0.717, 1.165) is 29.2 Å². The van der Waals surface area contributed by atoms with Crippen LogP contribution in [0.15, 0.2) is 54.7 Å². The quantitative estimate of drug-likeness (QED) is 0.595. The van der Waals surface area contributed by atoms with Crippen LogP contribution < -0.4 is 9.64 Å². The minimum atomic E-state index is -0.361. The van der Waals surface area contributed by atoms with E-state index < -0.39 is 0 Å². The summed E-state index contributed by atoms with van der Waals surface area (Å²) in [5.41, 5.74) is 3.22. The Kier molecular flexibility index (Phi) is 5.44. The fourth-order valence-corrected chi connectivity index (χ4v) is 3.36. The SMILES string of the molecule is COC(=O)c1cccc(Cn2cc([C@@H]3OCCN3c3ccc(OC)cc3)nn2)c1. The fraction of sp³-hybridized carbons (Fsp3) is 0.286. The van der Waals surface area contributed by atoms with Crippen LogP contribution in [-0.2, 0) is 16.0 Å². The number of hydrogen-bond acceptors (Lipinski definition) is 7. The van der Waals surface area contributed by atoms with Gasteiger partial charge in [-0.2, -0.15) is 0 Å². The van der Waals surface area contributed by atoms with Crippen molar-refractivity contribution in [3.8, 4) is 5.75 Å². The molecule has 2 heterocycles. The van der Waals surface area contributed by atoms with E-state index in [1.165, 1.54) is 7.11 Å². The van der Waals surface area contributed by atoms with E-state index in [2.05, 4.69) is 15.2 Å². The number of rotatable bonds is 6. The van der Waals surface area contributed by atoms with E-state index in [1.807, 2.05) is 42.6 Å². The summed E-state index contributed by atoms with van der Waals surface area (Å²) in [5.74, 6) is 0.450. The van der Waals surface area contributed by atoms with E-state index in [9.17, 15) is 4.79 Å². The molecule has 0 N–H and O–H groups in total. The van der Waals surface area contributed by atoms with Crippen molar-refractivity contribution >= 4 is 11.7 Å². The van der Waals surface area contributed by atoms with Gasteiger partial charge in [0.15, 0.2) is 6.23 Å². The number of anilines is 1. The van der Waals surface area contributed by atoms with Crippen molar-refractivity contribution in [1.82, 2.24) is 15.0 Å². The number of carbonyl (C=O) groups excluding carboxylic acids is 1. The zero-order valence-corrected chi connectivity index (χ0v) is 16.3. The van der Waals surface area contributed by atoms with Gasteiger partial charge in [-0.3, -0.25) is 0 Å². The van der Waals surface area contributed by atoms with Gasteiger partial charge in [0.25, 0.3) is 0 Å².